The van der Waals surface area contributed by atoms with Crippen LogP contribution in [0.5, 0.6) is 0 Å². The van der Waals surface area contributed by atoms with Crippen molar-refractivity contribution in [3.8, 4) is 0 Å². The number of halogens is 4. The predicted octanol–water partition coefficient (Wildman–Crippen LogP) is 1.79. The van der Waals surface area contributed by atoms with E-state index in [0.717, 1.165) is 0 Å². The number of nitrogens with zero attached hydrogens (tertiary/aromatic N) is 1. The summed E-state index contributed by atoms with van der Waals surface area (Å²) in [5.74, 6) is -3.19. The lowest BCUT2D eigenvalue weighted by atomic mass is 10.2. The number of pyridine rings is 1. The fourth-order valence-electron chi connectivity index (χ4n) is 0.777. The second-order valence-corrected chi connectivity index (χ2v) is 2.25. The summed E-state index contributed by atoms with van der Waals surface area (Å²) in [4.78, 5) is 3.13. The van der Waals surface area contributed by atoms with E-state index in [2.05, 4.69) is 4.98 Å². The lowest BCUT2D eigenvalue weighted by Crippen LogP contribution is -2.03. The van der Waals surface area contributed by atoms with Gasteiger partial charge in [0.25, 0.3) is 6.43 Å². The average Bonchev–Trinajstić information content (AvgIpc) is 2.09. The van der Waals surface area contributed by atoms with E-state index in [-0.39, 0.29) is 0 Å². The Balaban J connectivity index is 3.23. The standard InChI is InChI=1S/C7H5F4NO/c8-5-3(7(10)11)1-12-4(2-13)6(5)9/h1,7,13H,2H2. The van der Waals surface area contributed by atoms with Gasteiger partial charge >= 0.3 is 0 Å². The Hall–Kier alpha value is -1.17. The van der Waals surface area contributed by atoms with Crippen molar-refractivity contribution in [1.29, 1.82) is 0 Å². The monoisotopic (exact) mass is 195 g/mol. The number of aromatic nitrogens is 1. The maximum absolute atomic E-state index is 12.7. The Bertz CT molecular complexity index is 316. The molecule has 1 aromatic heterocycles. The molecule has 0 spiro atoms. The smallest absolute Gasteiger partial charge is 0.268 e. The average molecular weight is 195 g/mol. The molecule has 1 aromatic rings. The summed E-state index contributed by atoms with van der Waals surface area (Å²) in [6.07, 6.45) is -2.61. The summed E-state index contributed by atoms with van der Waals surface area (Å²) >= 11 is 0. The van der Waals surface area contributed by atoms with Gasteiger partial charge in [-0.15, -0.1) is 0 Å². The van der Waals surface area contributed by atoms with E-state index in [0.29, 0.717) is 6.20 Å². The topological polar surface area (TPSA) is 33.1 Å². The first-order chi connectivity index (χ1) is 6.07. The zero-order valence-electron chi connectivity index (χ0n) is 6.27. The van der Waals surface area contributed by atoms with Gasteiger partial charge in [-0.05, 0) is 0 Å². The molecule has 0 saturated heterocycles. The second kappa shape index (κ2) is 3.69. The Morgan fingerprint density at radius 3 is 2.38 bits per heavy atom. The van der Waals surface area contributed by atoms with Gasteiger partial charge in [0.05, 0.1) is 12.2 Å². The SMILES string of the molecule is OCc1ncc(C(F)F)c(F)c1F. The Morgan fingerprint density at radius 1 is 1.31 bits per heavy atom. The van der Waals surface area contributed by atoms with E-state index in [4.69, 9.17) is 5.11 Å². The molecular weight excluding hydrogens is 190 g/mol. The van der Waals surface area contributed by atoms with E-state index >= 15 is 0 Å². The van der Waals surface area contributed by atoms with Crippen LogP contribution in [0.4, 0.5) is 17.6 Å². The van der Waals surface area contributed by atoms with Crippen LogP contribution in [0.25, 0.3) is 0 Å². The zero-order chi connectivity index (χ0) is 10.0. The van der Waals surface area contributed by atoms with Crippen LogP contribution in [0.1, 0.15) is 17.7 Å². The van der Waals surface area contributed by atoms with Crippen molar-refractivity contribution >= 4 is 0 Å². The molecule has 0 fully saturated rings. The van der Waals surface area contributed by atoms with Crippen LogP contribution in [0, 0.1) is 11.6 Å². The van der Waals surface area contributed by atoms with Crippen molar-refractivity contribution in [2.45, 2.75) is 13.0 Å². The molecule has 6 heteroatoms. The molecule has 1 N–H and O–H groups in total. The molecule has 0 saturated carbocycles. The van der Waals surface area contributed by atoms with Crippen LogP contribution in [-0.2, 0) is 6.61 Å². The van der Waals surface area contributed by atoms with Gasteiger partial charge in [-0.3, -0.25) is 4.98 Å². The van der Waals surface area contributed by atoms with Gasteiger partial charge in [0.15, 0.2) is 11.6 Å². The van der Waals surface area contributed by atoms with Crippen molar-refractivity contribution in [1.82, 2.24) is 4.98 Å². The van der Waals surface area contributed by atoms with Crippen molar-refractivity contribution in [3.05, 3.63) is 29.1 Å². The Morgan fingerprint density at radius 2 is 1.92 bits per heavy atom. The maximum Gasteiger partial charge on any atom is 0.268 e. The molecule has 0 atom stereocenters. The maximum atomic E-state index is 12.7. The lowest BCUT2D eigenvalue weighted by Gasteiger charge is -2.04. The predicted molar refractivity (Wildman–Crippen MR) is 35.0 cm³/mol. The molecule has 13 heavy (non-hydrogen) atoms. The van der Waals surface area contributed by atoms with Crippen molar-refractivity contribution in [3.63, 3.8) is 0 Å². The summed E-state index contributed by atoms with van der Waals surface area (Å²) in [5, 5.41) is 8.42. The minimum atomic E-state index is -3.12. The molecule has 0 radical (unpaired) electrons. The van der Waals surface area contributed by atoms with Crippen molar-refractivity contribution in [2.24, 2.45) is 0 Å². The molecule has 2 nitrogen and oxygen atoms in total. The van der Waals surface area contributed by atoms with Gasteiger partial charge in [-0.2, -0.15) is 0 Å². The third-order valence-electron chi connectivity index (χ3n) is 1.44. The molecule has 72 valence electrons. The summed E-state index contributed by atoms with van der Waals surface area (Å²) in [5.41, 5.74) is -1.68. The molecule has 1 heterocycles. The molecule has 0 bridgehead atoms. The quantitative estimate of drug-likeness (QED) is 0.729. The highest BCUT2D eigenvalue weighted by atomic mass is 19.3. The Labute approximate surface area is 70.8 Å². The van der Waals surface area contributed by atoms with Gasteiger partial charge in [-0.25, -0.2) is 17.6 Å². The minimum absolute atomic E-state index is 0.509. The first-order valence-electron chi connectivity index (χ1n) is 3.29. The molecule has 0 aliphatic rings. The molecule has 0 aliphatic heterocycles. The van der Waals surface area contributed by atoms with Crippen LogP contribution in [0.3, 0.4) is 0 Å². The van der Waals surface area contributed by atoms with Gasteiger partial charge in [0, 0.05) is 6.20 Å². The number of alkyl halides is 2. The molecular formula is C7H5F4NO. The number of hydrogen-bond acceptors (Lipinski definition) is 2. The van der Waals surface area contributed by atoms with Crippen LogP contribution < -0.4 is 0 Å². The van der Waals surface area contributed by atoms with E-state index < -0.39 is 35.9 Å². The Kier molecular flexibility index (Phi) is 2.82. The summed E-state index contributed by atoms with van der Waals surface area (Å²) < 4.78 is 49.3. The van der Waals surface area contributed by atoms with Crippen LogP contribution in [0.2, 0.25) is 0 Å². The second-order valence-electron chi connectivity index (χ2n) is 2.25. The van der Waals surface area contributed by atoms with Gasteiger partial charge in [0.1, 0.15) is 5.69 Å². The van der Waals surface area contributed by atoms with Gasteiger partial charge in [-0.1, -0.05) is 0 Å². The normalized spacial score (nSPS) is 10.9. The van der Waals surface area contributed by atoms with E-state index in [1.807, 2.05) is 0 Å². The number of rotatable bonds is 2. The van der Waals surface area contributed by atoms with Gasteiger partial charge in [0.2, 0.25) is 0 Å². The van der Waals surface area contributed by atoms with E-state index in [1.54, 1.807) is 0 Å². The highest BCUT2D eigenvalue weighted by Gasteiger charge is 2.20. The lowest BCUT2D eigenvalue weighted by molar-refractivity contribution is 0.144. The molecule has 1 rings (SSSR count). The number of aliphatic hydroxyl groups is 1. The summed E-state index contributed by atoms with van der Waals surface area (Å²) in [6.45, 7) is -0.827. The van der Waals surface area contributed by atoms with Crippen LogP contribution >= 0.6 is 0 Å². The van der Waals surface area contributed by atoms with Crippen LogP contribution in [0.15, 0.2) is 6.20 Å². The molecule has 0 unspecified atom stereocenters. The third kappa shape index (κ3) is 1.77. The first-order valence-corrected chi connectivity index (χ1v) is 3.29. The molecule has 0 aromatic carbocycles. The number of aliphatic hydroxyl groups excluding tert-OH is 1. The largest absolute Gasteiger partial charge is 0.390 e. The highest BCUT2D eigenvalue weighted by Crippen LogP contribution is 2.23. The van der Waals surface area contributed by atoms with E-state index in [1.165, 1.54) is 0 Å². The van der Waals surface area contributed by atoms with Crippen molar-refractivity contribution in [2.75, 3.05) is 0 Å². The first kappa shape index (κ1) is 9.91. The van der Waals surface area contributed by atoms with Crippen LogP contribution in [-0.4, -0.2) is 10.1 Å². The summed E-state index contributed by atoms with van der Waals surface area (Å²) in [7, 11) is 0. The molecule has 0 amide bonds. The van der Waals surface area contributed by atoms with Gasteiger partial charge < -0.3 is 5.11 Å². The number of hydrogen-bond donors (Lipinski definition) is 1. The zero-order valence-corrected chi connectivity index (χ0v) is 6.27. The fourth-order valence-corrected chi connectivity index (χ4v) is 0.777. The fraction of sp³-hybridized carbons (Fsp3) is 0.286. The van der Waals surface area contributed by atoms with E-state index in [9.17, 15) is 17.6 Å². The third-order valence-corrected chi connectivity index (χ3v) is 1.44. The highest BCUT2D eigenvalue weighted by molar-refractivity contribution is 5.19. The minimum Gasteiger partial charge on any atom is -0.390 e. The van der Waals surface area contributed by atoms with Crippen molar-refractivity contribution < 1.29 is 22.7 Å². The molecule has 0 aliphatic carbocycles. The summed E-state index contributed by atoms with van der Waals surface area (Å²) in [6, 6.07) is 0.